The SMILES string of the molecule is COC(=O)CC(=O)C(C)N(C)C(=O)OC(C)(C)C. The second-order valence-electron chi connectivity index (χ2n) is 4.99. The fraction of sp³-hybridized carbons (Fsp3) is 0.750. The van der Waals surface area contributed by atoms with Crippen LogP contribution < -0.4 is 0 Å². The largest absolute Gasteiger partial charge is 0.469 e. The first-order valence-electron chi connectivity index (χ1n) is 5.64. The third-order valence-electron chi connectivity index (χ3n) is 2.27. The minimum Gasteiger partial charge on any atom is -0.469 e. The molecule has 0 aliphatic rings. The summed E-state index contributed by atoms with van der Waals surface area (Å²) in [5, 5.41) is 0. The van der Waals surface area contributed by atoms with Crippen molar-refractivity contribution in [3.8, 4) is 0 Å². The average molecular weight is 259 g/mol. The first kappa shape index (κ1) is 16.4. The van der Waals surface area contributed by atoms with Gasteiger partial charge in [-0.05, 0) is 27.7 Å². The second-order valence-corrected chi connectivity index (χ2v) is 4.99. The van der Waals surface area contributed by atoms with Crippen LogP contribution in [0.3, 0.4) is 0 Å². The molecule has 0 spiro atoms. The number of ketones is 1. The maximum absolute atomic E-state index is 11.7. The molecule has 104 valence electrons. The van der Waals surface area contributed by atoms with Crippen molar-refractivity contribution < 1.29 is 23.9 Å². The summed E-state index contributed by atoms with van der Waals surface area (Å²) in [6.07, 6.45) is -0.960. The second kappa shape index (κ2) is 6.37. The van der Waals surface area contributed by atoms with Crippen molar-refractivity contribution in [3.05, 3.63) is 0 Å². The topological polar surface area (TPSA) is 72.9 Å². The highest BCUT2D eigenvalue weighted by atomic mass is 16.6. The van der Waals surface area contributed by atoms with Gasteiger partial charge in [-0.2, -0.15) is 0 Å². The lowest BCUT2D eigenvalue weighted by molar-refractivity contribution is -0.144. The molecule has 6 nitrogen and oxygen atoms in total. The third-order valence-corrected chi connectivity index (χ3v) is 2.27. The van der Waals surface area contributed by atoms with Crippen LogP contribution in [0, 0.1) is 0 Å². The Morgan fingerprint density at radius 3 is 2.11 bits per heavy atom. The number of methoxy groups -OCH3 is 1. The maximum atomic E-state index is 11.7. The lowest BCUT2D eigenvalue weighted by Crippen LogP contribution is -2.43. The number of amides is 1. The molecule has 0 N–H and O–H groups in total. The number of Topliss-reactive ketones (excluding diaryl/α,β-unsaturated/α-hetero) is 1. The molecule has 0 aromatic rings. The molecule has 0 aromatic carbocycles. The Kier molecular flexibility index (Phi) is 5.81. The fourth-order valence-corrected chi connectivity index (χ4v) is 1.07. The summed E-state index contributed by atoms with van der Waals surface area (Å²) < 4.78 is 9.52. The number of ether oxygens (including phenoxy) is 2. The molecule has 0 fully saturated rings. The van der Waals surface area contributed by atoms with Crippen molar-refractivity contribution in [2.45, 2.75) is 45.8 Å². The average Bonchev–Trinajstić information content (AvgIpc) is 2.24. The molecule has 1 unspecified atom stereocenters. The Bertz CT molecular complexity index is 332. The van der Waals surface area contributed by atoms with Crippen LogP contribution in [0.15, 0.2) is 0 Å². The number of rotatable bonds is 4. The lowest BCUT2D eigenvalue weighted by Gasteiger charge is -2.27. The number of hydrogen-bond donors (Lipinski definition) is 0. The lowest BCUT2D eigenvalue weighted by atomic mass is 10.1. The summed E-state index contributed by atoms with van der Waals surface area (Å²) in [6, 6.07) is -0.737. The van der Waals surface area contributed by atoms with Crippen molar-refractivity contribution in [3.63, 3.8) is 0 Å². The van der Waals surface area contributed by atoms with Crippen LogP contribution in [0.25, 0.3) is 0 Å². The van der Waals surface area contributed by atoms with Gasteiger partial charge in [-0.25, -0.2) is 4.79 Å². The molecule has 0 aliphatic carbocycles. The summed E-state index contributed by atoms with van der Waals surface area (Å²) in [6.45, 7) is 6.74. The number of carbonyl (C=O) groups is 3. The zero-order valence-corrected chi connectivity index (χ0v) is 11.8. The zero-order valence-electron chi connectivity index (χ0n) is 11.8. The molecule has 0 saturated carbocycles. The van der Waals surface area contributed by atoms with E-state index >= 15 is 0 Å². The van der Waals surface area contributed by atoms with Gasteiger partial charge in [0.25, 0.3) is 0 Å². The van der Waals surface area contributed by atoms with Crippen LogP contribution in [0.5, 0.6) is 0 Å². The van der Waals surface area contributed by atoms with Crippen molar-refractivity contribution in [1.82, 2.24) is 4.90 Å². The summed E-state index contributed by atoms with van der Waals surface area (Å²) in [7, 11) is 2.66. The van der Waals surface area contributed by atoms with Gasteiger partial charge in [0.15, 0.2) is 5.78 Å². The molecular formula is C12H21NO5. The maximum Gasteiger partial charge on any atom is 0.410 e. The van der Waals surface area contributed by atoms with E-state index in [1.807, 2.05) is 0 Å². The van der Waals surface area contributed by atoms with E-state index in [2.05, 4.69) is 4.74 Å². The van der Waals surface area contributed by atoms with Crippen molar-refractivity contribution in [2.24, 2.45) is 0 Å². The first-order chi connectivity index (χ1) is 8.08. The summed E-state index contributed by atoms with van der Waals surface area (Å²) in [5.41, 5.74) is -0.629. The molecule has 0 radical (unpaired) electrons. The van der Waals surface area contributed by atoms with E-state index in [0.717, 1.165) is 4.90 Å². The molecule has 18 heavy (non-hydrogen) atoms. The van der Waals surface area contributed by atoms with E-state index in [1.54, 1.807) is 20.8 Å². The van der Waals surface area contributed by atoms with Crippen molar-refractivity contribution in [1.29, 1.82) is 0 Å². The van der Waals surface area contributed by atoms with Crippen molar-refractivity contribution in [2.75, 3.05) is 14.2 Å². The quantitative estimate of drug-likeness (QED) is 0.563. The molecule has 6 heteroatoms. The number of esters is 1. The summed E-state index contributed by atoms with van der Waals surface area (Å²) in [4.78, 5) is 35.5. The Labute approximate surface area is 107 Å². The van der Waals surface area contributed by atoms with Gasteiger partial charge in [-0.3, -0.25) is 9.59 Å². The number of likely N-dealkylation sites (N-methyl/N-ethyl adjacent to an activating group) is 1. The monoisotopic (exact) mass is 259 g/mol. The molecule has 1 atom stereocenters. The van der Waals surface area contributed by atoms with Crippen LogP contribution in [0.4, 0.5) is 4.79 Å². The van der Waals surface area contributed by atoms with E-state index in [-0.39, 0.29) is 6.42 Å². The molecular weight excluding hydrogens is 238 g/mol. The minimum atomic E-state index is -0.737. The third kappa shape index (κ3) is 5.65. The molecule has 1 amide bonds. The summed E-state index contributed by atoms with van der Waals surface area (Å²) >= 11 is 0. The molecule has 0 heterocycles. The normalized spacial score (nSPS) is 12.6. The van der Waals surface area contributed by atoms with E-state index in [0.29, 0.717) is 0 Å². The zero-order chi connectivity index (χ0) is 14.5. The molecule has 0 bridgehead atoms. The van der Waals surface area contributed by atoms with Gasteiger partial charge in [0, 0.05) is 7.05 Å². The van der Waals surface area contributed by atoms with Crippen molar-refractivity contribution >= 4 is 17.8 Å². The van der Waals surface area contributed by atoms with Gasteiger partial charge < -0.3 is 14.4 Å². The Morgan fingerprint density at radius 2 is 1.72 bits per heavy atom. The summed E-state index contributed by atoms with van der Waals surface area (Å²) in [5.74, 6) is -1.01. The first-order valence-corrected chi connectivity index (χ1v) is 5.64. The van der Waals surface area contributed by atoms with Gasteiger partial charge in [0.2, 0.25) is 0 Å². The Morgan fingerprint density at radius 1 is 1.22 bits per heavy atom. The fourth-order valence-electron chi connectivity index (χ4n) is 1.07. The van der Waals surface area contributed by atoms with Crippen LogP contribution >= 0.6 is 0 Å². The van der Waals surface area contributed by atoms with Gasteiger partial charge in [0.1, 0.15) is 12.0 Å². The van der Waals surface area contributed by atoms with Crippen LogP contribution in [-0.2, 0) is 19.1 Å². The highest BCUT2D eigenvalue weighted by Gasteiger charge is 2.27. The standard InChI is InChI=1S/C12H21NO5/c1-8(9(14)7-10(15)17-6)13(5)11(16)18-12(2,3)4/h8H,7H2,1-6H3. The highest BCUT2D eigenvalue weighted by Crippen LogP contribution is 2.11. The van der Waals surface area contributed by atoms with Gasteiger partial charge in [-0.15, -0.1) is 0 Å². The number of hydrogen-bond acceptors (Lipinski definition) is 5. The molecule has 0 aromatic heterocycles. The number of nitrogens with zero attached hydrogens (tertiary/aromatic N) is 1. The number of carbonyl (C=O) groups excluding carboxylic acids is 3. The van der Waals surface area contributed by atoms with E-state index in [4.69, 9.17) is 4.74 Å². The highest BCUT2D eigenvalue weighted by molar-refractivity contribution is 5.99. The van der Waals surface area contributed by atoms with Gasteiger partial charge in [-0.1, -0.05) is 0 Å². The Balaban J connectivity index is 4.50. The van der Waals surface area contributed by atoms with Gasteiger partial charge >= 0.3 is 12.1 Å². The molecule has 0 saturated heterocycles. The van der Waals surface area contributed by atoms with E-state index in [9.17, 15) is 14.4 Å². The smallest absolute Gasteiger partial charge is 0.410 e. The van der Waals surface area contributed by atoms with E-state index < -0.39 is 29.5 Å². The van der Waals surface area contributed by atoms with Crippen LogP contribution in [0.1, 0.15) is 34.1 Å². The molecule has 0 aliphatic heterocycles. The Hall–Kier alpha value is -1.59. The predicted octanol–water partition coefficient (Wildman–Crippen LogP) is 1.37. The van der Waals surface area contributed by atoms with Crippen LogP contribution in [0.2, 0.25) is 0 Å². The van der Waals surface area contributed by atoms with E-state index in [1.165, 1.54) is 21.1 Å². The van der Waals surface area contributed by atoms with Gasteiger partial charge in [0.05, 0.1) is 13.2 Å². The van der Waals surface area contributed by atoms with Crippen LogP contribution in [-0.4, -0.2) is 48.5 Å². The molecule has 0 rings (SSSR count). The predicted molar refractivity (Wildman–Crippen MR) is 65.1 cm³/mol. The minimum absolute atomic E-state index is 0.356.